The smallest absolute Gasteiger partial charge is 0.256 e. The van der Waals surface area contributed by atoms with Crippen LogP contribution in [0.3, 0.4) is 0 Å². The number of likely N-dealkylation sites (tertiary alicyclic amines) is 1. The zero-order valence-corrected chi connectivity index (χ0v) is 19.3. The van der Waals surface area contributed by atoms with Crippen LogP contribution in [0, 0.1) is 5.82 Å². The van der Waals surface area contributed by atoms with Crippen molar-refractivity contribution in [1.29, 1.82) is 0 Å². The van der Waals surface area contributed by atoms with E-state index in [1.165, 1.54) is 18.2 Å². The number of nitrogens with zero attached hydrogens (tertiary/aromatic N) is 1. The summed E-state index contributed by atoms with van der Waals surface area (Å²) < 4.78 is 19.6. The van der Waals surface area contributed by atoms with Crippen LogP contribution in [0.15, 0.2) is 52.9 Å². The van der Waals surface area contributed by atoms with Crippen molar-refractivity contribution in [2.75, 3.05) is 25.5 Å². The van der Waals surface area contributed by atoms with Crippen molar-refractivity contribution in [2.45, 2.75) is 18.9 Å². The largest absolute Gasteiger partial charge is 0.457 e. The molecule has 2 amide bonds. The molecule has 0 aliphatic carbocycles. The maximum atomic E-state index is 13.7. The molecular weight excluding hydrogens is 457 g/mol. The Kier molecular flexibility index (Phi) is 5.98. The number of hydrogen-bond acceptors (Lipinski definition) is 4. The highest BCUT2D eigenvalue weighted by Crippen LogP contribution is 2.35. The van der Waals surface area contributed by atoms with Crippen LogP contribution in [-0.4, -0.2) is 42.9 Å². The van der Waals surface area contributed by atoms with Gasteiger partial charge in [-0.05, 0) is 81.0 Å². The minimum absolute atomic E-state index is 0.0816. The van der Waals surface area contributed by atoms with Gasteiger partial charge >= 0.3 is 0 Å². The molecule has 0 radical (unpaired) electrons. The molecule has 0 saturated carbocycles. The number of anilines is 1. The fraction of sp³-hybridized carbons (Fsp3) is 0.231. The number of likely N-dealkylation sites (N-methyl/N-ethyl adjacent to an activating group) is 1. The second-order valence-electron chi connectivity index (χ2n) is 8.67. The number of carbonyl (C=O) groups excluding carboxylic acids is 2. The van der Waals surface area contributed by atoms with E-state index < -0.39 is 5.82 Å². The standard InChI is InChI=1S/C26H23ClFN3O3/c1-31-10-2-3-17(14-31)29-26(33)21-11-15(4-7-22(21)27)24-9-6-18(34-24)13-20-19-12-16(28)5-8-23(19)30-25(20)32/h4-9,11-13,17H,2-3,10,14H2,1H3,(H,29,33)(H,30,32). The van der Waals surface area contributed by atoms with Gasteiger partial charge in [0.2, 0.25) is 0 Å². The molecule has 2 aliphatic rings. The Morgan fingerprint density at radius 3 is 2.91 bits per heavy atom. The first-order valence-corrected chi connectivity index (χ1v) is 11.5. The van der Waals surface area contributed by atoms with E-state index in [1.807, 2.05) is 7.05 Å². The quantitative estimate of drug-likeness (QED) is 0.513. The molecule has 0 bridgehead atoms. The lowest BCUT2D eigenvalue weighted by atomic mass is 10.0. The number of nitrogens with one attached hydrogen (secondary N) is 2. The Balaban J connectivity index is 1.39. The molecule has 1 unspecified atom stereocenters. The van der Waals surface area contributed by atoms with E-state index in [-0.39, 0.29) is 17.9 Å². The average molecular weight is 480 g/mol. The second kappa shape index (κ2) is 9.08. The topological polar surface area (TPSA) is 74.6 Å². The Labute approximate surface area is 201 Å². The van der Waals surface area contributed by atoms with Gasteiger partial charge in [-0.1, -0.05) is 11.6 Å². The summed E-state index contributed by atoms with van der Waals surface area (Å²) in [5, 5.41) is 6.16. The fourth-order valence-electron chi connectivity index (χ4n) is 4.43. The molecule has 1 atom stereocenters. The van der Waals surface area contributed by atoms with E-state index in [4.69, 9.17) is 16.0 Å². The fourth-order valence-corrected chi connectivity index (χ4v) is 4.63. The van der Waals surface area contributed by atoms with Gasteiger partial charge in [0.15, 0.2) is 0 Å². The Morgan fingerprint density at radius 2 is 2.09 bits per heavy atom. The summed E-state index contributed by atoms with van der Waals surface area (Å²) in [4.78, 5) is 27.5. The number of fused-ring (bicyclic) bond motifs is 1. The minimum atomic E-state index is -0.423. The predicted molar refractivity (Wildman–Crippen MR) is 130 cm³/mol. The third kappa shape index (κ3) is 4.49. The summed E-state index contributed by atoms with van der Waals surface area (Å²) in [6, 6.07) is 12.9. The van der Waals surface area contributed by atoms with Crippen molar-refractivity contribution in [3.05, 3.63) is 76.3 Å². The van der Waals surface area contributed by atoms with Crippen molar-refractivity contribution in [2.24, 2.45) is 0 Å². The maximum Gasteiger partial charge on any atom is 0.256 e. The highest BCUT2D eigenvalue weighted by atomic mass is 35.5. The predicted octanol–water partition coefficient (Wildman–Crippen LogP) is 5.06. The summed E-state index contributed by atoms with van der Waals surface area (Å²) in [6.45, 7) is 1.83. The summed E-state index contributed by atoms with van der Waals surface area (Å²) in [6.07, 6.45) is 3.55. The van der Waals surface area contributed by atoms with Gasteiger partial charge in [-0.2, -0.15) is 0 Å². The third-order valence-corrected chi connectivity index (χ3v) is 6.46. The van der Waals surface area contributed by atoms with E-state index in [9.17, 15) is 14.0 Å². The molecule has 2 aliphatic heterocycles. The van der Waals surface area contributed by atoms with Gasteiger partial charge < -0.3 is 20.0 Å². The van der Waals surface area contributed by atoms with E-state index in [0.717, 1.165) is 25.9 Å². The van der Waals surface area contributed by atoms with Gasteiger partial charge in [0.1, 0.15) is 17.3 Å². The average Bonchev–Trinajstić information content (AvgIpc) is 3.39. The molecule has 174 valence electrons. The van der Waals surface area contributed by atoms with Gasteiger partial charge in [-0.25, -0.2) is 4.39 Å². The summed E-state index contributed by atoms with van der Waals surface area (Å²) in [5.41, 5.74) is 2.43. The molecule has 5 rings (SSSR count). The van der Waals surface area contributed by atoms with E-state index in [2.05, 4.69) is 15.5 Å². The number of piperidine rings is 1. The molecule has 3 heterocycles. The lowest BCUT2D eigenvalue weighted by Crippen LogP contribution is -2.46. The number of carbonyl (C=O) groups is 2. The SMILES string of the molecule is CN1CCCC(NC(=O)c2cc(-c3ccc(C=C4C(=O)Nc5ccc(F)cc54)o3)ccc2Cl)C1. The van der Waals surface area contributed by atoms with Gasteiger partial charge in [0, 0.05) is 29.4 Å². The molecule has 6 nitrogen and oxygen atoms in total. The Hall–Kier alpha value is -3.42. The molecule has 2 aromatic carbocycles. The van der Waals surface area contributed by atoms with Crippen molar-refractivity contribution in [3.8, 4) is 11.3 Å². The number of benzene rings is 2. The molecule has 1 saturated heterocycles. The highest BCUT2D eigenvalue weighted by Gasteiger charge is 2.25. The first-order valence-electron chi connectivity index (χ1n) is 11.1. The Morgan fingerprint density at radius 1 is 1.24 bits per heavy atom. The van der Waals surface area contributed by atoms with Crippen molar-refractivity contribution in [3.63, 3.8) is 0 Å². The molecule has 1 fully saturated rings. The summed E-state index contributed by atoms with van der Waals surface area (Å²) in [5.74, 6) is -0.0101. The summed E-state index contributed by atoms with van der Waals surface area (Å²) >= 11 is 6.33. The minimum Gasteiger partial charge on any atom is -0.457 e. The van der Waals surface area contributed by atoms with Crippen LogP contribution < -0.4 is 10.6 Å². The molecule has 3 aromatic rings. The molecule has 0 spiro atoms. The molecule has 8 heteroatoms. The molecular formula is C26H23ClFN3O3. The third-order valence-electron chi connectivity index (χ3n) is 6.13. The van der Waals surface area contributed by atoms with Crippen molar-refractivity contribution < 1.29 is 18.4 Å². The summed E-state index contributed by atoms with van der Waals surface area (Å²) in [7, 11) is 2.04. The maximum absolute atomic E-state index is 13.7. The highest BCUT2D eigenvalue weighted by molar-refractivity contribution is 6.35. The van der Waals surface area contributed by atoms with Crippen LogP contribution in [0.25, 0.3) is 23.0 Å². The first kappa shape index (κ1) is 22.4. The zero-order chi connectivity index (χ0) is 23.8. The lowest BCUT2D eigenvalue weighted by Gasteiger charge is -2.30. The number of hydrogen-bond donors (Lipinski definition) is 2. The van der Waals surface area contributed by atoms with Gasteiger partial charge in [0.05, 0.1) is 16.2 Å². The van der Waals surface area contributed by atoms with Crippen LogP contribution in [0.2, 0.25) is 5.02 Å². The van der Waals surface area contributed by atoms with Gasteiger partial charge in [0.25, 0.3) is 11.8 Å². The van der Waals surface area contributed by atoms with Crippen molar-refractivity contribution >= 4 is 40.8 Å². The van der Waals surface area contributed by atoms with E-state index in [1.54, 1.807) is 36.4 Å². The van der Waals surface area contributed by atoms with Gasteiger partial charge in [-0.15, -0.1) is 0 Å². The van der Waals surface area contributed by atoms with E-state index in [0.29, 0.717) is 44.5 Å². The van der Waals surface area contributed by atoms with Crippen LogP contribution >= 0.6 is 11.6 Å². The van der Waals surface area contributed by atoms with E-state index >= 15 is 0 Å². The Bertz CT molecular complexity index is 1320. The molecule has 34 heavy (non-hydrogen) atoms. The zero-order valence-electron chi connectivity index (χ0n) is 18.5. The lowest BCUT2D eigenvalue weighted by molar-refractivity contribution is -0.110. The number of rotatable bonds is 4. The normalized spacial score (nSPS) is 19.2. The molecule has 1 aromatic heterocycles. The van der Waals surface area contributed by atoms with Crippen LogP contribution in [0.4, 0.5) is 10.1 Å². The second-order valence-corrected chi connectivity index (χ2v) is 9.08. The number of halogens is 2. The van der Waals surface area contributed by atoms with Crippen LogP contribution in [-0.2, 0) is 4.79 Å². The number of furan rings is 1. The monoisotopic (exact) mass is 479 g/mol. The van der Waals surface area contributed by atoms with Crippen molar-refractivity contribution in [1.82, 2.24) is 10.2 Å². The van der Waals surface area contributed by atoms with Gasteiger partial charge in [-0.3, -0.25) is 9.59 Å². The first-order chi connectivity index (χ1) is 16.4. The van der Waals surface area contributed by atoms with Crippen LogP contribution in [0.5, 0.6) is 0 Å². The number of amides is 2. The molecule has 2 N–H and O–H groups in total. The van der Waals surface area contributed by atoms with Crippen LogP contribution in [0.1, 0.15) is 34.5 Å².